The summed E-state index contributed by atoms with van der Waals surface area (Å²) in [5.74, 6) is -2.42. The highest BCUT2D eigenvalue weighted by molar-refractivity contribution is 5.85. The number of aliphatic carboxylic acids is 2. The number of ether oxygens (including phenoxy) is 1. The highest BCUT2D eigenvalue weighted by atomic mass is 35.5. The highest BCUT2D eigenvalue weighted by Crippen LogP contribution is 2.05. The smallest absolute Gasteiger partial charge is 0.320 e. The third kappa shape index (κ3) is 17.2. The first-order chi connectivity index (χ1) is 10.8. The highest BCUT2D eigenvalue weighted by Gasteiger charge is 2.21. The van der Waals surface area contributed by atoms with Gasteiger partial charge in [-0.05, 0) is 5.92 Å². The van der Waals surface area contributed by atoms with Gasteiger partial charge in [-0.1, -0.05) is 27.2 Å². The van der Waals surface area contributed by atoms with E-state index in [-0.39, 0.29) is 37.1 Å². The minimum Gasteiger partial charge on any atom is -0.550 e. The van der Waals surface area contributed by atoms with E-state index in [9.17, 15) is 19.5 Å². The third-order valence-electron chi connectivity index (χ3n) is 3.27. The lowest BCUT2D eigenvalue weighted by Crippen LogP contribution is -2.45. The molecule has 3 N–H and O–H groups in total. The zero-order valence-electron chi connectivity index (χ0n) is 16.0. The molecule has 3 atom stereocenters. The van der Waals surface area contributed by atoms with Crippen molar-refractivity contribution in [1.82, 2.24) is 0 Å². The largest absolute Gasteiger partial charge is 0.550 e. The number of carboxylic acids is 2. The van der Waals surface area contributed by atoms with Crippen molar-refractivity contribution in [3.05, 3.63) is 0 Å². The maximum absolute atomic E-state index is 11.0. The van der Waals surface area contributed by atoms with E-state index in [0.29, 0.717) is 11.0 Å². The molecule has 8 nitrogen and oxygen atoms in total. The normalized spacial score (nSPS) is 14.0. The van der Waals surface area contributed by atoms with E-state index in [0.717, 1.165) is 6.42 Å². The Morgan fingerprint density at radius 1 is 1.20 bits per heavy atom. The lowest BCUT2D eigenvalue weighted by Gasteiger charge is -2.29. The number of hydrogen-bond donors (Lipinski definition) is 2. The Balaban J connectivity index is -0.000000418. The molecule has 0 fully saturated rings. The van der Waals surface area contributed by atoms with Gasteiger partial charge < -0.3 is 30.0 Å². The van der Waals surface area contributed by atoms with Crippen molar-refractivity contribution in [2.75, 3.05) is 27.7 Å². The zero-order valence-corrected chi connectivity index (χ0v) is 16.8. The second-order valence-corrected chi connectivity index (χ2v) is 6.76. The number of carbonyl (C=O) groups is 3. The molecule has 0 aliphatic heterocycles. The van der Waals surface area contributed by atoms with Gasteiger partial charge in [-0.2, -0.15) is 0 Å². The number of esters is 1. The van der Waals surface area contributed by atoms with Crippen LogP contribution in [0.2, 0.25) is 0 Å². The summed E-state index contributed by atoms with van der Waals surface area (Å²) in [6, 6.07) is -0.699. The van der Waals surface area contributed by atoms with Crippen LogP contribution in [0.25, 0.3) is 0 Å². The lowest BCUT2D eigenvalue weighted by molar-refractivity contribution is -0.873. The molecule has 0 aromatic carbocycles. The maximum Gasteiger partial charge on any atom is 0.320 e. The van der Waals surface area contributed by atoms with Crippen molar-refractivity contribution in [2.45, 2.75) is 52.2 Å². The van der Waals surface area contributed by atoms with E-state index in [1.54, 1.807) is 6.92 Å². The summed E-state index contributed by atoms with van der Waals surface area (Å²) in [6.07, 6.45) is 0.206. The van der Waals surface area contributed by atoms with Gasteiger partial charge in [0.15, 0.2) is 6.10 Å². The molecule has 25 heavy (non-hydrogen) atoms. The van der Waals surface area contributed by atoms with Crippen LogP contribution in [0.15, 0.2) is 0 Å². The molecule has 0 aliphatic rings. The Kier molecular flexibility index (Phi) is 15.8. The molecule has 0 amide bonds. The molecular formula is C16H33ClN2O6. The molecule has 150 valence electrons. The second-order valence-electron chi connectivity index (χ2n) is 6.76. The summed E-state index contributed by atoms with van der Waals surface area (Å²) < 4.78 is 5.55. The molecule has 0 heterocycles. The number of nitrogens with two attached hydrogens (primary N) is 1. The van der Waals surface area contributed by atoms with Crippen LogP contribution in [0.1, 0.15) is 40.0 Å². The summed E-state index contributed by atoms with van der Waals surface area (Å²) in [4.78, 5) is 31.7. The Hall–Kier alpha value is -1.38. The SMILES string of the molecule is CCC(=O)OC(CC(=O)[O-])C[N+](C)(C)C.CCC(C)C(N)C(=O)O.Cl. The van der Waals surface area contributed by atoms with Crippen LogP contribution in [0.4, 0.5) is 0 Å². The molecule has 0 rings (SSSR count). The van der Waals surface area contributed by atoms with Crippen LogP contribution in [0.3, 0.4) is 0 Å². The van der Waals surface area contributed by atoms with Crippen molar-refractivity contribution >= 4 is 30.3 Å². The number of carboxylic acid groups (broad SMARTS) is 2. The number of rotatable bonds is 9. The van der Waals surface area contributed by atoms with Gasteiger partial charge in [0.05, 0.1) is 21.1 Å². The average molecular weight is 385 g/mol. The molecule has 0 saturated heterocycles. The lowest BCUT2D eigenvalue weighted by atomic mass is 10.0. The molecule has 0 aromatic rings. The van der Waals surface area contributed by atoms with Gasteiger partial charge in [-0.25, -0.2) is 0 Å². The fourth-order valence-corrected chi connectivity index (χ4v) is 1.71. The van der Waals surface area contributed by atoms with Gasteiger partial charge in [0.2, 0.25) is 0 Å². The first-order valence-electron chi connectivity index (χ1n) is 8.02. The van der Waals surface area contributed by atoms with Crippen molar-refractivity contribution < 1.29 is 33.8 Å². The van der Waals surface area contributed by atoms with Gasteiger partial charge in [0, 0.05) is 18.8 Å². The molecule has 0 aliphatic carbocycles. The van der Waals surface area contributed by atoms with Gasteiger partial charge in [0.25, 0.3) is 0 Å². The summed E-state index contributed by atoms with van der Waals surface area (Å²) in [5.41, 5.74) is 5.27. The van der Waals surface area contributed by atoms with Crippen LogP contribution < -0.4 is 10.8 Å². The standard InChI is InChI=1S/C10H19NO4.C6H13NO2.ClH/c1-5-10(14)15-8(6-9(12)13)7-11(2,3)4;1-3-4(2)5(7)6(8)9;/h8H,5-7H2,1-4H3;4-5H,3,7H2,1-2H3,(H,8,9);1H. The molecule has 0 aromatic heterocycles. The van der Waals surface area contributed by atoms with E-state index in [1.807, 2.05) is 35.0 Å². The summed E-state index contributed by atoms with van der Waals surface area (Å²) >= 11 is 0. The van der Waals surface area contributed by atoms with E-state index in [2.05, 4.69) is 0 Å². The number of halogens is 1. The van der Waals surface area contributed by atoms with Gasteiger partial charge in [-0.3, -0.25) is 9.59 Å². The molecule has 0 radical (unpaired) electrons. The molecule has 0 spiro atoms. The predicted octanol–water partition coefficient (Wildman–Crippen LogP) is 0.0206. The van der Waals surface area contributed by atoms with Crippen LogP contribution in [-0.2, 0) is 19.1 Å². The first-order valence-corrected chi connectivity index (χ1v) is 8.02. The van der Waals surface area contributed by atoms with Gasteiger partial charge in [0.1, 0.15) is 12.6 Å². The van der Waals surface area contributed by atoms with E-state index < -0.39 is 24.1 Å². The predicted molar refractivity (Wildman–Crippen MR) is 95.0 cm³/mol. The molecule has 0 bridgehead atoms. The first kappa shape index (κ1) is 28.4. The summed E-state index contributed by atoms with van der Waals surface area (Å²) in [5, 5.41) is 18.8. The fourth-order valence-electron chi connectivity index (χ4n) is 1.71. The molecule has 9 heteroatoms. The van der Waals surface area contributed by atoms with Crippen LogP contribution in [-0.4, -0.2) is 67.3 Å². The molecular weight excluding hydrogens is 352 g/mol. The van der Waals surface area contributed by atoms with Gasteiger partial charge >= 0.3 is 11.9 Å². The van der Waals surface area contributed by atoms with E-state index >= 15 is 0 Å². The monoisotopic (exact) mass is 384 g/mol. The summed E-state index contributed by atoms with van der Waals surface area (Å²) in [7, 11) is 5.71. The quantitative estimate of drug-likeness (QED) is 0.423. The number of hydrogen-bond acceptors (Lipinski definition) is 6. The second kappa shape index (κ2) is 13.9. The number of nitrogens with zero attached hydrogens (tertiary/aromatic N) is 1. The van der Waals surface area contributed by atoms with Crippen molar-refractivity contribution in [2.24, 2.45) is 11.7 Å². The topological polar surface area (TPSA) is 130 Å². The van der Waals surface area contributed by atoms with Crippen molar-refractivity contribution in [1.29, 1.82) is 0 Å². The minimum absolute atomic E-state index is 0. The van der Waals surface area contributed by atoms with Crippen molar-refractivity contribution in [3.63, 3.8) is 0 Å². The Bertz CT molecular complexity index is 412. The Morgan fingerprint density at radius 2 is 1.68 bits per heavy atom. The maximum atomic E-state index is 11.0. The Labute approximate surface area is 156 Å². The Morgan fingerprint density at radius 3 is 1.92 bits per heavy atom. The number of carbonyl (C=O) groups excluding carboxylic acids is 2. The van der Waals surface area contributed by atoms with Crippen LogP contribution in [0, 0.1) is 5.92 Å². The minimum atomic E-state index is -1.20. The van der Waals surface area contributed by atoms with E-state index in [4.69, 9.17) is 15.6 Å². The fraction of sp³-hybridized carbons (Fsp3) is 0.812. The van der Waals surface area contributed by atoms with Crippen LogP contribution in [0.5, 0.6) is 0 Å². The number of quaternary nitrogens is 1. The molecule has 0 saturated carbocycles. The van der Waals surface area contributed by atoms with Crippen molar-refractivity contribution in [3.8, 4) is 0 Å². The van der Waals surface area contributed by atoms with Gasteiger partial charge in [-0.15, -0.1) is 12.4 Å². The number of likely N-dealkylation sites (N-methyl/N-ethyl adjacent to an activating group) is 1. The molecule has 3 unspecified atom stereocenters. The van der Waals surface area contributed by atoms with E-state index in [1.165, 1.54) is 0 Å². The van der Waals surface area contributed by atoms with Crippen LogP contribution >= 0.6 is 12.4 Å². The third-order valence-corrected chi connectivity index (χ3v) is 3.27. The zero-order chi connectivity index (χ0) is 19.5. The summed E-state index contributed by atoms with van der Waals surface area (Å²) in [6.45, 7) is 5.89. The average Bonchev–Trinajstić information content (AvgIpc) is 2.43.